The maximum atomic E-state index is 12.7. The third-order valence-electron chi connectivity index (χ3n) is 5.64. The molecule has 0 aromatic heterocycles. The van der Waals surface area contributed by atoms with Crippen molar-refractivity contribution in [3.05, 3.63) is 46.4 Å². The van der Waals surface area contributed by atoms with Crippen molar-refractivity contribution in [2.75, 3.05) is 52.9 Å². The minimum atomic E-state index is -0.565. The zero-order valence-electron chi connectivity index (χ0n) is 19.1. The van der Waals surface area contributed by atoms with Crippen LogP contribution in [0.2, 0.25) is 0 Å². The molecule has 1 aliphatic heterocycles. The summed E-state index contributed by atoms with van der Waals surface area (Å²) in [6.07, 6.45) is 1.03. The van der Waals surface area contributed by atoms with Crippen LogP contribution in [-0.4, -0.2) is 64.3 Å². The number of nitrogens with zero attached hydrogens (tertiary/aromatic N) is 1. The lowest BCUT2D eigenvalue weighted by Crippen LogP contribution is -2.38. The minimum Gasteiger partial charge on any atom is -0.493 e. The lowest BCUT2D eigenvalue weighted by Gasteiger charge is -2.31. The maximum absolute atomic E-state index is 12.7. The number of likely N-dealkylation sites (tertiary alicyclic amines) is 1. The van der Waals surface area contributed by atoms with Gasteiger partial charge in [-0.2, -0.15) is 0 Å². The number of ether oxygens (including phenoxy) is 4. The van der Waals surface area contributed by atoms with E-state index in [0.29, 0.717) is 29.5 Å². The Kier molecular flexibility index (Phi) is 8.96. The summed E-state index contributed by atoms with van der Waals surface area (Å²) in [5.74, 6) is 1.55. The third-order valence-corrected chi connectivity index (χ3v) is 6.17. The molecule has 0 saturated carbocycles. The second-order valence-electron chi connectivity index (χ2n) is 7.66. The van der Waals surface area contributed by atoms with E-state index in [9.17, 15) is 9.59 Å². The largest absolute Gasteiger partial charge is 0.493 e. The number of methoxy groups -OCH3 is 3. The molecule has 1 heterocycles. The molecule has 1 aliphatic rings. The average molecular weight is 521 g/mol. The van der Waals surface area contributed by atoms with Crippen molar-refractivity contribution in [3.8, 4) is 17.2 Å². The number of carbonyl (C=O) groups is 2. The van der Waals surface area contributed by atoms with E-state index in [-0.39, 0.29) is 18.3 Å². The van der Waals surface area contributed by atoms with Crippen molar-refractivity contribution in [1.29, 1.82) is 0 Å². The van der Waals surface area contributed by atoms with Crippen LogP contribution in [0.3, 0.4) is 0 Å². The number of rotatable bonds is 9. The number of Topliss-reactive ketones (excluding diaryl/α,β-unsaturated/α-hetero) is 1. The van der Waals surface area contributed by atoms with Gasteiger partial charge in [-0.05, 0) is 38.1 Å². The zero-order valence-corrected chi connectivity index (χ0v) is 20.6. The Hall–Kier alpha value is -2.78. The van der Waals surface area contributed by atoms with Gasteiger partial charge in [-0.25, -0.2) is 4.79 Å². The van der Waals surface area contributed by atoms with Gasteiger partial charge >= 0.3 is 6.09 Å². The molecule has 0 spiro atoms. The molecule has 0 aliphatic carbocycles. The van der Waals surface area contributed by atoms with Crippen LogP contribution >= 0.6 is 15.9 Å². The summed E-state index contributed by atoms with van der Waals surface area (Å²) in [7, 11) is 4.53. The number of benzene rings is 2. The van der Waals surface area contributed by atoms with Crippen LogP contribution in [-0.2, 0) is 4.74 Å². The summed E-state index contributed by atoms with van der Waals surface area (Å²) in [5, 5.41) is 2.68. The van der Waals surface area contributed by atoms with Gasteiger partial charge < -0.3 is 18.9 Å². The molecule has 178 valence electrons. The van der Waals surface area contributed by atoms with Crippen molar-refractivity contribution >= 4 is 33.5 Å². The van der Waals surface area contributed by atoms with Gasteiger partial charge in [0.15, 0.2) is 17.3 Å². The topological polar surface area (TPSA) is 86.3 Å². The Balaban J connectivity index is 1.43. The second kappa shape index (κ2) is 11.9. The van der Waals surface area contributed by atoms with Gasteiger partial charge in [0, 0.05) is 34.6 Å². The highest BCUT2D eigenvalue weighted by atomic mass is 79.9. The van der Waals surface area contributed by atoms with Crippen molar-refractivity contribution in [3.63, 3.8) is 0 Å². The number of carbonyl (C=O) groups excluding carboxylic acids is 2. The third kappa shape index (κ3) is 6.61. The molecule has 9 heteroatoms. The number of piperidine rings is 1. The molecule has 33 heavy (non-hydrogen) atoms. The molecular weight excluding hydrogens is 492 g/mol. The predicted octanol–water partition coefficient (Wildman–Crippen LogP) is 4.62. The molecule has 1 fully saturated rings. The van der Waals surface area contributed by atoms with Gasteiger partial charge in [-0.3, -0.25) is 15.0 Å². The minimum absolute atomic E-state index is 0.0340. The highest BCUT2D eigenvalue weighted by Crippen LogP contribution is 2.39. The van der Waals surface area contributed by atoms with Crippen LogP contribution in [0.25, 0.3) is 0 Å². The summed E-state index contributed by atoms with van der Waals surface area (Å²) >= 11 is 3.40. The Bertz CT molecular complexity index is 933. The fourth-order valence-corrected chi connectivity index (χ4v) is 4.11. The Morgan fingerprint density at radius 2 is 1.61 bits per heavy atom. The van der Waals surface area contributed by atoms with Crippen LogP contribution < -0.4 is 19.5 Å². The molecule has 0 unspecified atom stereocenters. The highest BCUT2D eigenvalue weighted by molar-refractivity contribution is 9.10. The van der Waals surface area contributed by atoms with Crippen molar-refractivity contribution in [1.82, 2.24) is 4.90 Å². The first-order valence-corrected chi connectivity index (χ1v) is 11.5. The fraction of sp³-hybridized carbons (Fsp3) is 0.417. The van der Waals surface area contributed by atoms with E-state index in [0.717, 1.165) is 36.0 Å². The molecule has 2 aromatic rings. The van der Waals surface area contributed by atoms with Crippen molar-refractivity contribution < 1.29 is 28.5 Å². The van der Waals surface area contributed by atoms with Crippen LogP contribution in [0.1, 0.15) is 23.2 Å². The van der Waals surface area contributed by atoms with E-state index < -0.39 is 6.09 Å². The SMILES string of the molecule is COc1cc(NC(=O)OCCN2CCC(C(=O)c3ccc(Br)cc3)CC2)cc(OC)c1OC. The average Bonchev–Trinajstić information content (AvgIpc) is 2.83. The number of amides is 1. The number of nitrogens with one attached hydrogen (secondary N) is 1. The monoisotopic (exact) mass is 520 g/mol. The first-order chi connectivity index (χ1) is 15.9. The summed E-state index contributed by atoms with van der Waals surface area (Å²) in [6, 6.07) is 10.8. The van der Waals surface area contributed by atoms with Crippen LogP contribution in [0, 0.1) is 5.92 Å². The highest BCUT2D eigenvalue weighted by Gasteiger charge is 2.25. The lowest BCUT2D eigenvalue weighted by atomic mass is 9.89. The van der Waals surface area contributed by atoms with E-state index >= 15 is 0 Å². The molecule has 1 amide bonds. The van der Waals surface area contributed by atoms with Crippen molar-refractivity contribution in [2.45, 2.75) is 12.8 Å². The predicted molar refractivity (Wildman–Crippen MR) is 129 cm³/mol. The molecule has 2 aromatic carbocycles. The first kappa shape index (κ1) is 24.9. The van der Waals surface area contributed by atoms with Crippen molar-refractivity contribution in [2.24, 2.45) is 5.92 Å². The summed E-state index contributed by atoms with van der Waals surface area (Å²) in [4.78, 5) is 27.1. The maximum Gasteiger partial charge on any atom is 0.411 e. The smallest absolute Gasteiger partial charge is 0.411 e. The summed E-state index contributed by atoms with van der Waals surface area (Å²) in [6.45, 7) is 2.46. The van der Waals surface area contributed by atoms with Crippen LogP contribution in [0.5, 0.6) is 17.2 Å². The lowest BCUT2D eigenvalue weighted by molar-refractivity contribution is 0.0813. The molecule has 0 radical (unpaired) electrons. The summed E-state index contributed by atoms with van der Waals surface area (Å²) < 4.78 is 22.2. The first-order valence-electron chi connectivity index (χ1n) is 10.7. The Labute approximate surface area is 202 Å². The fourth-order valence-electron chi connectivity index (χ4n) is 3.84. The molecule has 1 saturated heterocycles. The van der Waals surface area contributed by atoms with Crippen LogP contribution in [0.4, 0.5) is 10.5 Å². The molecule has 0 bridgehead atoms. The molecule has 1 N–H and O–H groups in total. The van der Waals surface area contributed by atoms with E-state index in [1.54, 1.807) is 12.1 Å². The molecule has 3 rings (SSSR count). The van der Waals surface area contributed by atoms with Crippen LogP contribution in [0.15, 0.2) is 40.9 Å². The number of anilines is 1. The number of hydrogen-bond acceptors (Lipinski definition) is 7. The van der Waals surface area contributed by atoms with E-state index in [1.165, 1.54) is 21.3 Å². The number of ketones is 1. The van der Waals surface area contributed by atoms with E-state index in [2.05, 4.69) is 26.1 Å². The summed E-state index contributed by atoms with van der Waals surface area (Å²) in [5.41, 5.74) is 1.23. The quantitative estimate of drug-likeness (QED) is 0.482. The van der Waals surface area contributed by atoms with Gasteiger partial charge in [0.1, 0.15) is 6.61 Å². The zero-order chi connectivity index (χ0) is 23.8. The van der Waals surface area contributed by atoms with Gasteiger partial charge in [0.25, 0.3) is 0 Å². The molecule has 0 atom stereocenters. The van der Waals surface area contributed by atoms with E-state index in [4.69, 9.17) is 18.9 Å². The van der Waals surface area contributed by atoms with Gasteiger partial charge in [-0.15, -0.1) is 0 Å². The molecule has 8 nitrogen and oxygen atoms in total. The van der Waals surface area contributed by atoms with Gasteiger partial charge in [0.2, 0.25) is 5.75 Å². The standard InChI is InChI=1S/C24H29BrN2O6/c1-30-20-14-19(15-21(31-2)23(20)32-3)26-24(29)33-13-12-27-10-8-17(9-11-27)22(28)16-4-6-18(25)7-5-16/h4-7,14-15,17H,8-13H2,1-3H3,(H,26,29). The molecular formula is C24H29BrN2O6. The Morgan fingerprint density at radius 1 is 1.00 bits per heavy atom. The number of hydrogen-bond donors (Lipinski definition) is 1. The van der Waals surface area contributed by atoms with Gasteiger partial charge in [-0.1, -0.05) is 28.1 Å². The van der Waals surface area contributed by atoms with Gasteiger partial charge in [0.05, 0.1) is 27.0 Å². The second-order valence-corrected chi connectivity index (χ2v) is 8.58. The number of halogens is 1. The Morgan fingerprint density at radius 3 is 2.15 bits per heavy atom. The normalized spacial score (nSPS) is 14.4. The van der Waals surface area contributed by atoms with E-state index in [1.807, 2.05) is 24.3 Å².